The summed E-state index contributed by atoms with van der Waals surface area (Å²) in [4.78, 5) is 0. The van der Waals surface area contributed by atoms with Crippen molar-refractivity contribution in [3.63, 3.8) is 0 Å². The Balaban J connectivity index is 2.97. The monoisotopic (exact) mass is 278 g/mol. The fourth-order valence-electron chi connectivity index (χ4n) is 2.65. The molecule has 0 aliphatic heterocycles. The first-order valence-corrected chi connectivity index (χ1v) is 7.85. The lowest BCUT2D eigenvalue weighted by molar-refractivity contribution is 0.231. The van der Waals surface area contributed by atoms with Crippen LogP contribution in [0.25, 0.3) is 0 Å². The summed E-state index contributed by atoms with van der Waals surface area (Å²) in [6.45, 7) is 8.57. The summed E-state index contributed by atoms with van der Waals surface area (Å²) in [6, 6.07) is 8.38. The maximum Gasteiger partial charge on any atom is 0.124 e. The lowest BCUT2D eigenvalue weighted by Crippen LogP contribution is -2.34. The number of unbranched alkanes of at least 4 members (excludes halogenated alkanes) is 1. The van der Waals surface area contributed by atoms with E-state index in [4.69, 9.17) is 10.6 Å². The topological polar surface area (TPSA) is 47.3 Å². The standard InChI is InChI=1S/C17H30N2O/c1-5-7-10-14(6-2)17(19-18)15-11-8-9-12-16(15)20-13(3)4/h8-9,11-14,17,19H,5-7,10,18H2,1-4H3. The molecule has 0 aliphatic carbocycles. The summed E-state index contributed by atoms with van der Waals surface area (Å²) in [6.07, 6.45) is 4.94. The van der Waals surface area contributed by atoms with Crippen LogP contribution < -0.4 is 16.0 Å². The smallest absolute Gasteiger partial charge is 0.124 e. The molecule has 0 aliphatic rings. The van der Waals surface area contributed by atoms with E-state index in [0.29, 0.717) is 5.92 Å². The molecule has 3 heteroatoms. The van der Waals surface area contributed by atoms with Crippen molar-refractivity contribution in [1.29, 1.82) is 0 Å². The van der Waals surface area contributed by atoms with E-state index in [1.165, 1.54) is 24.8 Å². The second-order valence-electron chi connectivity index (χ2n) is 5.66. The van der Waals surface area contributed by atoms with Crippen LogP contribution >= 0.6 is 0 Å². The molecule has 0 heterocycles. The highest BCUT2D eigenvalue weighted by molar-refractivity contribution is 5.36. The number of hydrazine groups is 1. The Hall–Kier alpha value is -1.06. The number of rotatable bonds is 9. The van der Waals surface area contributed by atoms with Gasteiger partial charge in [-0.05, 0) is 32.3 Å². The van der Waals surface area contributed by atoms with Crippen LogP contribution in [0.2, 0.25) is 0 Å². The van der Waals surface area contributed by atoms with Crippen LogP contribution in [0.3, 0.4) is 0 Å². The van der Waals surface area contributed by atoms with Crippen molar-refractivity contribution in [2.45, 2.75) is 65.5 Å². The van der Waals surface area contributed by atoms with Gasteiger partial charge in [-0.2, -0.15) is 0 Å². The summed E-state index contributed by atoms with van der Waals surface area (Å²) in [5.41, 5.74) is 4.18. The van der Waals surface area contributed by atoms with E-state index in [2.05, 4.69) is 45.3 Å². The molecule has 1 rings (SSSR count). The van der Waals surface area contributed by atoms with Crippen molar-refractivity contribution in [2.75, 3.05) is 0 Å². The molecule has 114 valence electrons. The van der Waals surface area contributed by atoms with Crippen molar-refractivity contribution < 1.29 is 4.74 Å². The van der Waals surface area contributed by atoms with Gasteiger partial charge in [-0.15, -0.1) is 0 Å². The van der Waals surface area contributed by atoms with Gasteiger partial charge in [0.1, 0.15) is 5.75 Å². The Labute approximate surface area is 123 Å². The molecule has 1 aromatic carbocycles. The zero-order valence-corrected chi connectivity index (χ0v) is 13.4. The average molecular weight is 278 g/mol. The summed E-state index contributed by atoms with van der Waals surface area (Å²) < 4.78 is 5.93. The molecule has 0 spiro atoms. The highest BCUT2D eigenvalue weighted by atomic mass is 16.5. The van der Waals surface area contributed by atoms with Crippen molar-refractivity contribution in [2.24, 2.45) is 11.8 Å². The van der Waals surface area contributed by atoms with E-state index in [-0.39, 0.29) is 12.1 Å². The van der Waals surface area contributed by atoms with Crippen LogP contribution in [-0.2, 0) is 0 Å². The van der Waals surface area contributed by atoms with Gasteiger partial charge < -0.3 is 4.74 Å². The number of hydrogen-bond acceptors (Lipinski definition) is 3. The second-order valence-corrected chi connectivity index (χ2v) is 5.66. The molecule has 20 heavy (non-hydrogen) atoms. The van der Waals surface area contributed by atoms with Crippen LogP contribution in [0.5, 0.6) is 5.75 Å². The van der Waals surface area contributed by atoms with Crippen molar-refractivity contribution >= 4 is 0 Å². The van der Waals surface area contributed by atoms with Gasteiger partial charge in [0.2, 0.25) is 0 Å². The zero-order chi connectivity index (χ0) is 15.0. The van der Waals surface area contributed by atoms with Crippen molar-refractivity contribution in [3.05, 3.63) is 29.8 Å². The van der Waals surface area contributed by atoms with Gasteiger partial charge in [0.05, 0.1) is 12.1 Å². The molecule has 0 saturated carbocycles. The molecule has 1 aromatic rings. The molecule has 0 fully saturated rings. The SMILES string of the molecule is CCCCC(CC)C(NN)c1ccccc1OC(C)C. The predicted octanol–water partition coefficient (Wildman–Crippen LogP) is 4.19. The van der Waals surface area contributed by atoms with Crippen molar-refractivity contribution in [1.82, 2.24) is 5.43 Å². The molecule has 0 radical (unpaired) electrons. The third-order valence-electron chi connectivity index (χ3n) is 3.72. The van der Waals surface area contributed by atoms with E-state index in [0.717, 1.165) is 12.2 Å². The Morgan fingerprint density at radius 1 is 1.20 bits per heavy atom. The van der Waals surface area contributed by atoms with Crippen LogP contribution in [0.15, 0.2) is 24.3 Å². The van der Waals surface area contributed by atoms with E-state index in [1.807, 2.05) is 12.1 Å². The van der Waals surface area contributed by atoms with Gasteiger partial charge in [-0.25, -0.2) is 0 Å². The largest absolute Gasteiger partial charge is 0.491 e. The average Bonchev–Trinajstić information content (AvgIpc) is 2.44. The van der Waals surface area contributed by atoms with Gasteiger partial charge in [-0.1, -0.05) is 51.3 Å². The minimum absolute atomic E-state index is 0.154. The van der Waals surface area contributed by atoms with Gasteiger partial charge in [0, 0.05) is 5.56 Å². The number of benzene rings is 1. The fraction of sp³-hybridized carbons (Fsp3) is 0.647. The molecule has 0 aromatic heterocycles. The maximum atomic E-state index is 5.93. The van der Waals surface area contributed by atoms with E-state index in [9.17, 15) is 0 Å². The van der Waals surface area contributed by atoms with Crippen LogP contribution in [0, 0.1) is 5.92 Å². The minimum Gasteiger partial charge on any atom is -0.491 e. The van der Waals surface area contributed by atoms with Gasteiger partial charge in [0.25, 0.3) is 0 Å². The van der Waals surface area contributed by atoms with Crippen LogP contribution in [0.4, 0.5) is 0 Å². The summed E-state index contributed by atoms with van der Waals surface area (Å²) >= 11 is 0. The molecule has 2 atom stereocenters. The second kappa shape index (κ2) is 8.98. The minimum atomic E-state index is 0.154. The highest BCUT2D eigenvalue weighted by Crippen LogP contribution is 2.34. The Bertz CT molecular complexity index is 379. The Morgan fingerprint density at radius 2 is 1.90 bits per heavy atom. The molecule has 0 saturated heterocycles. The molecule has 0 bridgehead atoms. The number of hydrogen-bond donors (Lipinski definition) is 2. The Morgan fingerprint density at radius 3 is 2.45 bits per heavy atom. The van der Waals surface area contributed by atoms with Crippen LogP contribution in [0.1, 0.15) is 65.0 Å². The molecular weight excluding hydrogens is 248 g/mol. The third-order valence-corrected chi connectivity index (χ3v) is 3.72. The molecular formula is C17H30N2O. The van der Waals surface area contributed by atoms with Gasteiger partial charge >= 0.3 is 0 Å². The quantitative estimate of drug-likeness (QED) is 0.526. The summed E-state index contributed by atoms with van der Waals surface area (Å²) in [5.74, 6) is 7.33. The van der Waals surface area contributed by atoms with Crippen LogP contribution in [-0.4, -0.2) is 6.10 Å². The normalized spacial score (nSPS) is 14.3. The van der Waals surface area contributed by atoms with Gasteiger partial charge in [-0.3, -0.25) is 11.3 Å². The highest BCUT2D eigenvalue weighted by Gasteiger charge is 2.23. The molecule has 2 unspecified atom stereocenters. The number of nitrogens with two attached hydrogens (primary N) is 1. The first kappa shape index (κ1) is 17.0. The predicted molar refractivity (Wildman–Crippen MR) is 85.6 cm³/mol. The molecule has 3 nitrogen and oxygen atoms in total. The van der Waals surface area contributed by atoms with E-state index < -0.39 is 0 Å². The third kappa shape index (κ3) is 4.80. The first-order valence-electron chi connectivity index (χ1n) is 7.85. The van der Waals surface area contributed by atoms with E-state index in [1.54, 1.807) is 0 Å². The number of nitrogens with one attached hydrogen (secondary N) is 1. The van der Waals surface area contributed by atoms with Gasteiger partial charge in [0.15, 0.2) is 0 Å². The molecule has 0 amide bonds. The zero-order valence-electron chi connectivity index (χ0n) is 13.4. The maximum absolute atomic E-state index is 5.93. The summed E-state index contributed by atoms with van der Waals surface area (Å²) in [7, 11) is 0. The lowest BCUT2D eigenvalue weighted by Gasteiger charge is -2.28. The first-order chi connectivity index (χ1) is 9.63. The Kier molecular flexibility index (Phi) is 7.63. The molecule has 3 N–H and O–H groups in total. The van der Waals surface area contributed by atoms with Crippen molar-refractivity contribution in [3.8, 4) is 5.75 Å². The number of para-hydroxylation sites is 1. The lowest BCUT2D eigenvalue weighted by atomic mass is 9.87. The fourth-order valence-corrected chi connectivity index (χ4v) is 2.65. The number of ether oxygens (including phenoxy) is 1. The van der Waals surface area contributed by atoms with E-state index >= 15 is 0 Å². The summed E-state index contributed by atoms with van der Waals surface area (Å²) in [5, 5.41) is 0.